The van der Waals surface area contributed by atoms with Gasteiger partial charge in [-0.1, -0.05) is 0 Å². The second kappa shape index (κ2) is 8.06. The van der Waals surface area contributed by atoms with E-state index in [4.69, 9.17) is 14.6 Å². The minimum atomic E-state index is -0.925. The first-order chi connectivity index (χ1) is 9.51. The van der Waals surface area contributed by atoms with E-state index >= 15 is 0 Å². The molecule has 0 saturated carbocycles. The SMILES string of the molecule is CCN(C(=O)N1CCOCC1CC(=O)O)C(C)COC. The van der Waals surface area contributed by atoms with Gasteiger partial charge in [0.1, 0.15) is 0 Å². The number of methoxy groups -OCH3 is 1. The van der Waals surface area contributed by atoms with Crippen LogP contribution in [0.4, 0.5) is 4.79 Å². The lowest BCUT2D eigenvalue weighted by Crippen LogP contribution is -2.56. The molecule has 20 heavy (non-hydrogen) atoms. The summed E-state index contributed by atoms with van der Waals surface area (Å²) in [6.45, 7) is 5.96. The second-order valence-corrected chi connectivity index (χ2v) is 4.89. The topological polar surface area (TPSA) is 79.3 Å². The van der Waals surface area contributed by atoms with E-state index in [2.05, 4.69) is 0 Å². The molecule has 0 aromatic carbocycles. The third kappa shape index (κ3) is 4.35. The summed E-state index contributed by atoms with van der Waals surface area (Å²) in [6, 6.07) is -0.602. The van der Waals surface area contributed by atoms with Crippen molar-refractivity contribution in [1.29, 1.82) is 0 Å². The fourth-order valence-electron chi connectivity index (χ4n) is 2.41. The quantitative estimate of drug-likeness (QED) is 0.776. The molecule has 1 N–H and O–H groups in total. The zero-order valence-corrected chi connectivity index (χ0v) is 12.4. The van der Waals surface area contributed by atoms with E-state index in [1.54, 1.807) is 16.9 Å². The number of rotatable bonds is 6. The third-order valence-electron chi connectivity index (χ3n) is 3.41. The molecule has 7 heteroatoms. The molecule has 2 atom stereocenters. The number of urea groups is 1. The third-order valence-corrected chi connectivity index (χ3v) is 3.41. The van der Waals surface area contributed by atoms with Gasteiger partial charge in [-0.25, -0.2) is 4.79 Å². The van der Waals surface area contributed by atoms with E-state index in [1.165, 1.54) is 0 Å². The molecular formula is C13H24N2O5. The fourth-order valence-corrected chi connectivity index (χ4v) is 2.41. The van der Waals surface area contributed by atoms with Crippen LogP contribution >= 0.6 is 0 Å². The lowest BCUT2D eigenvalue weighted by Gasteiger charge is -2.39. The first kappa shape index (κ1) is 16.7. The van der Waals surface area contributed by atoms with Crippen LogP contribution in [0.3, 0.4) is 0 Å². The number of aliphatic carboxylic acids is 1. The summed E-state index contributed by atoms with van der Waals surface area (Å²) in [4.78, 5) is 26.8. The van der Waals surface area contributed by atoms with Crippen molar-refractivity contribution in [2.45, 2.75) is 32.4 Å². The van der Waals surface area contributed by atoms with Crippen LogP contribution in [-0.2, 0) is 14.3 Å². The Hall–Kier alpha value is -1.34. The highest BCUT2D eigenvalue weighted by molar-refractivity contribution is 5.76. The molecule has 0 aromatic heterocycles. The van der Waals surface area contributed by atoms with Crippen molar-refractivity contribution in [2.24, 2.45) is 0 Å². The predicted octanol–water partition coefficient (Wildman–Crippen LogP) is 0.639. The number of likely N-dealkylation sites (N-methyl/N-ethyl adjacent to an activating group) is 1. The molecule has 1 aliphatic rings. The van der Waals surface area contributed by atoms with E-state index < -0.39 is 12.0 Å². The number of nitrogens with zero attached hydrogens (tertiary/aromatic N) is 2. The van der Waals surface area contributed by atoms with Gasteiger partial charge < -0.3 is 24.4 Å². The van der Waals surface area contributed by atoms with Gasteiger partial charge in [-0.05, 0) is 13.8 Å². The Balaban J connectivity index is 2.76. The normalized spacial score (nSPS) is 20.6. The first-order valence-electron chi connectivity index (χ1n) is 6.86. The van der Waals surface area contributed by atoms with Crippen LogP contribution < -0.4 is 0 Å². The number of amides is 2. The van der Waals surface area contributed by atoms with Crippen molar-refractivity contribution in [2.75, 3.05) is 40.0 Å². The molecule has 0 aromatic rings. The van der Waals surface area contributed by atoms with Crippen molar-refractivity contribution >= 4 is 12.0 Å². The summed E-state index contributed by atoms with van der Waals surface area (Å²) in [5, 5.41) is 8.93. The largest absolute Gasteiger partial charge is 0.481 e. The molecule has 1 rings (SSSR count). The maximum Gasteiger partial charge on any atom is 0.320 e. The summed E-state index contributed by atoms with van der Waals surface area (Å²) in [5.41, 5.74) is 0. The van der Waals surface area contributed by atoms with Gasteiger partial charge in [0.05, 0.1) is 38.3 Å². The first-order valence-corrected chi connectivity index (χ1v) is 6.86. The van der Waals surface area contributed by atoms with Crippen LogP contribution in [0.25, 0.3) is 0 Å². The van der Waals surface area contributed by atoms with Gasteiger partial charge in [0, 0.05) is 20.2 Å². The predicted molar refractivity (Wildman–Crippen MR) is 72.7 cm³/mol. The molecule has 0 bridgehead atoms. The summed E-state index contributed by atoms with van der Waals surface area (Å²) in [5.74, 6) is -0.925. The zero-order valence-electron chi connectivity index (χ0n) is 12.4. The van der Waals surface area contributed by atoms with Crippen molar-refractivity contribution in [3.8, 4) is 0 Å². The van der Waals surface area contributed by atoms with Gasteiger partial charge in [0.2, 0.25) is 0 Å². The number of hydrogen-bond donors (Lipinski definition) is 1. The zero-order chi connectivity index (χ0) is 15.1. The Morgan fingerprint density at radius 2 is 2.25 bits per heavy atom. The van der Waals surface area contributed by atoms with E-state index in [-0.39, 0.29) is 25.1 Å². The Morgan fingerprint density at radius 3 is 2.80 bits per heavy atom. The standard InChI is InChI=1S/C13H24N2O5/c1-4-14(10(2)8-19-3)13(18)15-5-6-20-9-11(15)7-12(16)17/h10-11H,4-9H2,1-3H3,(H,16,17). The summed E-state index contributed by atoms with van der Waals surface area (Å²) < 4.78 is 10.4. The Labute approximate surface area is 119 Å². The molecule has 0 aliphatic carbocycles. The number of carbonyl (C=O) groups excluding carboxylic acids is 1. The molecule has 0 radical (unpaired) electrons. The molecular weight excluding hydrogens is 264 g/mol. The number of carboxylic acid groups (broad SMARTS) is 1. The van der Waals surface area contributed by atoms with Crippen LogP contribution in [0.5, 0.6) is 0 Å². The van der Waals surface area contributed by atoms with Gasteiger partial charge in [0.15, 0.2) is 0 Å². The molecule has 2 amide bonds. The summed E-state index contributed by atoms with van der Waals surface area (Å²) in [7, 11) is 1.59. The minimum absolute atomic E-state index is 0.0502. The Morgan fingerprint density at radius 1 is 1.55 bits per heavy atom. The Bertz CT molecular complexity index is 337. The molecule has 1 fully saturated rings. The van der Waals surface area contributed by atoms with Crippen LogP contribution in [0.2, 0.25) is 0 Å². The van der Waals surface area contributed by atoms with Crippen LogP contribution in [-0.4, -0.2) is 79.0 Å². The van der Waals surface area contributed by atoms with Gasteiger partial charge in [0.25, 0.3) is 0 Å². The summed E-state index contributed by atoms with van der Waals surface area (Å²) >= 11 is 0. The number of hydrogen-bond acceptors (Lipinski definition) is 4. The molecule has 2 unspecified atom stereocenters. The maximum atomic E-state index is 12.6. The average Bonchev–Trinajstić information content (AvgIpc) is 2.39. The van der Waals surface area contributed by atoms with Crippen molar-refractivity contribution < 1.29 is 24.2 Å². The summed E-state index contributed by atoms with van der Waals surface area (Å²) in [6.07, 6.45) is -0.0953. The smallest absolute Gasteiger partial charge is 0.320 e. The van der Waals surface area contributed by atoms with Crippen LogP contribution in [0, 0.1) is 0 Å². The molecule has 0 spiro atoms. The Kier molecular flexibility index (Phi) is 6.74. The fraction of sp³-hybridized carbons (Fsp3) is 0.846. The van der Waals surface area contributed by atoms with E-state index in [0.717, 1.165) is 0 Å². The van der Waals surface area contributed by atoms with Crippen molar-refractivity contribution in [1.82, 2.24) is 9.80 Å². The highest BCUT2D eigenvalue weighted by Crippen LogP contribution is 2.15. The number of carbonyl (C=O) groups is 2. The lowest BCUT2D eigenvalue weighted by atomic mass is 10.1. The van der Waals surface area contributed by atoms with Gasteiger partial charge >= 0.3 is 12.0 Å². The van der Waals surface area contributed by atoms with Crippen LogP contribution in [0.15, 0.2) is 0 Å². The van der Waals surface area contributed by atoms with Gasteiger partial charge in [-0.3, -0.25) is 4.79 Å². The van der Waals surface area contributed by atoms with Gasteiger partial charge in [-0.2, -0.15) is 0 Å². The van der Waals surface area contributed by atoms with Crippen molar-refractivity contribution in [3.63, 3.8) is 0 Å². The van der Waals surface area contributed by atoms with Gasteiger partial charge in [-0.15, -0.1) is 0 Å². The van der Waals surface area contributed by atoms with E-state index in [0.29, 0.717) is 26.3 Å². The maximum absolute atomic E-state index is 12.6. The lowest BCUT2D eigenvalue weighted by molar-refractivity contribution is -0.139. The van der Waals surface area contributed by atoms with Crippen LogP contribution in [0.1, 0.15) is 20.3 Å². The number of ether oxygens (including phenoxy) is 2. The second-order valence-electron chi connectivity index (χ2n) is 4.89. The monoisotopic (exact) mass is 288 g/mol. The number of morpholine rings is 1. The molecule has 7 nitrogen and oxygen atoms in total. The molecule has 1 heterocycles. The average molecular weight is 288 g/mol. The van der Waals surface area contributed by atoms with E-state index in [9.17, 15) is 9.59 Å². The molecule has 1 aliphatic heterocycles. The minimum Gasteiger partial charge on any atom is -0.481 e. The van der Waals surface area contributed by atoms with Crippen molar-refractivity contribution in [3.05, 3.63) is 0 Å². The highest BCUT2D eigenvalue weighted by Gasteiger charge is 2.33. The molecule has 116 valence electrons. The highest BCUT2D eigenvalue weighted by atomic mass is 16.5. The van der Waals surface area contributed by atoms with E-state index in [1.807, 2.05) is 13.8 Å². The number of carboxylic acids is 1. The molecule has 1 saturated heterocycles.